The molecular weight excluding hydrogens is 326 g/mol. The minimum absolute atomic E-state index is 0.392. The molecule has 2 saturated heterocycles. The third-order valence-corrected chi connectivity index (χ3v) is 5.17. The number of fused-ring (bicyclic) bond motifs is 2. The van der Waals surface area contributed by atoms with Gasteiger partial charge in [-0.15, -0.1) is 0 Å². The zero-order valence-corrected chi connectivity index (χ0v) is 15.8. The number of piperazine rings is 1. The van der Waals surface area contributed by atoms with E-state index in [1.165, 1.54) is 5.56 Å². The van der Waals surface area contributed by atoms with Gasteiger partial charge in [0.05, 0.1) is 0 Å². The first-order valence-electron chi connectivity index (χ1n) is 9.06. The van der Waals surface area contributed by atoms with Crippen molar-refractivity contribution in [3.05, 3.63) is 53.2 Å². The average molecular weight is 353 g/mol. The Hall–Kier alpha value is -2.40. The van der Waals surface area contributed by atoms with Crippen molar-refractivity contribution in [2.45, 2.75) is 32.0 Å². The predicted octanol–water partition coefficient (Wildman–Crippen LogP) is 2.15. The minimum Gasteiger partial charge on any atom is -0.383 e. The summed E-state index contributed by atoms with van der Waals surface area (Å²) in [5.41, 5.74) is 4.10. The van der Waals surface area contributed by atoms with Crippen LogP contribution < -0.4 is 0 Å². The Balaban J connectivity index is 1.70. The minimum atomic E-state index is 0.392. The molecule has 1 unspecified atom stereocenters. The maximum absolute atomic E-state index is 11.0. The standard InChI is InChI=1S/C21H27N3O2/c1-16(14-25)8-19(11-22(2)3)18-6-4-17(5-7-18)10-23-12-21-9-20(23)13-24(21)15-26/h4-8,11,14-15,20-21H,9-10,12-13H2,1-3H3/b16-8-,19-11+/t20?,21-/m0/s1. The normalized spacial score (nSPS) is 23.4. The smallest absolute Gasteiger partial charge is 0.210 e. The van der Waals surface area contributed by atoms with Crippen LogP contribution in [0.1, 0.15) is 24.5 Å². The number of rotatable bonds is 7. The molecule has 2 bridgehead atoms. The summed E-state index contributed by atoms with van der Waals surface area (Å²) < 4.78 is 0. The van der Waals surface area contributed by atoms with Gasteiger partial charge in [0.2, 0.25) is 6.41 Å². The van der Waals surface area contributed by atoms with E-state index >= 15 is 0 Å². The van der Waals surface area contributed by atoms with Crippen LogP contribution in [0, 0.1) is 0 Å². The molecule has 0 aromatic heterocycles. The molecule has 2 aliphatic rings. The molecule has 2 atom stereocenters. The molecule has 2 aliphatic heterocycles. The molecule has 1 amide bonds. The zero-order valence-electron chi connectivity index (χ0n) is 15.8. The Kier molecular flexibility index (Phi) is 5.57. The van der Waals surface area contributed by atoms with Crippen LogP contribution in [0.4, 0.5) is 0 Å². The van der Waals surface area contributed by atoms with Gasteiger partial charge in [0.25, 0.3) is 0 Å². The molecule has 0 radical (unpaired) electrons. The molecule has 0 saturated carbocycles. The molecule has 26 heavy (non-hydrogen) atoms. The highest BCUT2D eigenvalue weighted by atomic mass is 16.1. The number of carbonyl (C=O) groups is 2. The molecule has 5 nitrogen and oxygen atoms in total. The number of amides is 1. The predicted molar refractivity (Wildman–Crippen MR) is 103 cm³/mol. The van der Waals surface area contributed by atoms with E-state index in [0.717, 1.165) is 49.9 Å². The van der Waals surface area contributed by atoms with Gasteiger partial charge in [-0.3, -0.25) is 14.5 Å². The highest BCUT2D eigenvalue weighted by molar-refractivity contribution is 5.82. The Bertz CT molecular complexity index is 721. The number of benzene rings is 1. The SMILES string of the molecule is C/C(C=O)=C/C(=C\N(C)C)c1ccc(CN2C[C@@H]3CC2CN3C=O)cc1. The van der Waals surface area contributed by atoms with Crippen molar-refractivity contribution in [3.8, 4) is 0 Å². The lowest BCUT2D eigenvalue weighted by Gasteiger charge is -2.32. The maximum atomic E-state index is 11.0. The summed E-state index contributed by atoms with van der Waals surface area (Å²) in [6.07, 6.45) is 6.90. The Labute approximate surface area is 155 Å². The zero-order chi connectivity index (χ0) is 18.7. The number of carbonyl (C=O) groups excluding carboxylic acids is 2. The monoisotopic (exact) mass is 353 g/mol. The first kappa shape index (κ1) is 18.4. The topological polar surface area (TPSA) is 43.9 Å². The van der Waals surface area contributed by atoms with Gasteiger partial charge in [0.15, 0.2) is 0 Å². The van der Waals surface area contributed by atoms with Crippen molar-refractivity contribution in [2.75, 3.05) is 27.2 Å². The van der Waals surface area contributed by atoms with Gasteiger partial charge in [-0.25, -0.2) is 0 Å². The molecule has 1 aromatic rings. The number of nitrogens with zero attached hydrogens (tertiary/aromatic N) is 3. The van der Waals surface area contributed by atoms with E-state index in [1.807, 2.05) is 43.1 Å². The van der Waals surface area contributed by atoms with E-state index in [4.69, 9.17) is 0 Å². The summed E-state index contributed by atoms with van der Waals surface area (Å²) in [6, 6.07) is 9.44. The van der Waals surface area contributed by atoms with Gasteiger partial charge >= 0.3 is 0 Å². The van der Waals surface area contributed by atoms with Gasteiger partial charge < -0.3 is 9.80 Å². The van der Waals surface area contributed by atoms with Crippen LogP contribution >= 0.6 is 0 Å². The van der Waals surface area contributed by atoms with Crippen LogP contribution in [0.15, 0.2) is 42.1 Å². The molecule has 2 heterocycles. The fraction of sp³-hybridized carbons (Fsp3) is 0.429. The summed E-state index contributed by atoms with van der Waals surface area (Å²) in [5, 5.41) is 0. The second kappa shape index (κ2) is 7.87. The van der Waals surface area contributed by atoms with Crippen molar-refractivity contribution in [1.29, 1.82) is 0 Å². The number of allylic oxidation sites excluding steroid dienone is 3. The van der Waals surface area contributed by atoms with Crippen molar-refractivity contribution in [3.63, 3.8) is 0 Å². The van der Waals surface area contributed by atoms with Gasteiger partial charge in [-0.05, 0) is 41.7 Å². The number of hydrogen-bond donors (Lipinski definition) is 0. The van der Waals surface area contributed by atoms with E-state index in [0.29, 0.717) is 17.7 Å². The first-order valence-corrected chi connectivity index (χ1v) is 9.06. The lowest BCUT2D eigenvalue weighted by atomic mass is 10.0. The molecule has 5 heteroatoms. The highest BCUT2D eigenvalue weighted by Crippen LogP contribution is 2.31. The van der Waals surface area contributed by atoms with Gasteiger partial charge in [0.1, 0.15) is 6.29 Å². The van der Waals surface area contributed by atoms with Gasteiger partial charge in [-0.2, -0.15) is 0 Å². The van der Waals surface area contributed by atoms with E-state index in [2.05, 4.69) is 29.2 Å². The quantitative estimate of drug-likeness (QED) is 0.428. The summed E-state index contributed by atoms with van der Waals surface area (Å²) in [6.45, 7) is 4.57. The highest BCUT2D eigenvalue weighted by Gasteiger charge is 2.42. The number of likely N-dealkylation sites (tertiary alicyclic amines) is 2. The molecule has 2 fully saturated rings. The number of aldehydes is 1. The average Bonchev–Trinajstić information content (AvgIpc) is 3.21. The van der Waals surface area contributed by atoms with Gasteiger partial charge in [0, 0.05) is 52.0 Å². The first-order chi connectivity index (χ1) is 12.5. The molecule has 0 spiro atoms. The van der Waals surface area contributed by atoms with Crippen LogP contribution in [-0.2, 0) is 16.1 Å². The molecule has 0 N–H and O–H groups in total. The van der Waals surface area contributed by atoms with Crippen LogP contribution in [0.5, 0.6) is 0 Å². The molecular formula is C21H27N3O2. The lowest BCUT2D eigenvalue weighted by Crippen LogP contribution is -2.45. The van der Waals surface area contributed by atoms with E-state index in [1.54, 1.807) is 0 Å². The van der Waals surface area contributed by atoms with Crippen LogP contribution in [0.2, 0.25) is 0 Å². The Morgan fingerprint density at radius 1 is 1.15 bits per heavy atom. The fourth-order valence-electron chi connectivity index (χ4n) is 3.89. The maximum Gasteiger partial charge on any atom is 0.210 e. The summed E-state index contributed by atoms with van der Waals surface area (Å²) in [4.78, 5) is 28.4. The fourth-order valence-corrected chi connectivity index (χ4v) is 3.89. The van der Waals surface area contributed by atoms with Crippen LogP contribution in [0.25, 0.3) is 5.57 Å². The van der Waals surface area contributed by atoms with E-state index in [-0.39, 0.29) is 0 Å². The van der Waals surface area contributed by atoms with E-state index < -0.39 is 0 Å². The van der Waals surface area contributed by atoms with Crippen LogP contribution in [0.3, 0.4) is 0 Å². The molecule has 0 aliphatic carbocycles. The largest absolute Gasteiger partial charge is 0.383 e. The van der Waals surface area contributed by atoms with Crippen molar-refractivity contribution in [1.82, 2.24) is 14.7 Å². The van der Waals surface area contributed by atoms with Crippen molar-refractivity contribution in [2.24, 2.45) is 0 Å². The Morgan fingerprint density at radius 3 is 2.42 bits per heavy atom. The Morgan fingerprint density at radius 2 is 1.88 bits per heavy atom. The molecule has 1 aromatic carbocycles. The number of hydrogen-bond acceptors (Lipinski definition) is 4. The third-order valence-electron chi connectivity index (χ3n) is 5.17. The lowest BCUT2D eigenvalue weighted by molar-refractivity contribution is -0.120. The van der Waals surface area contributed by atoms with Crippen LogP contribution in [-0.4, -0.2) is 66.7 Å². The summed E-state index contributed by atoms with van der Waals surface area (Å²) >= 11 is 0. The van der Waals surface area contributed by atoms with E-state index in [9.17, 15) is 9.59 Å². The second-order valence-electron chi connectivity index (χ2n) is 7.53. The molecule has 3 rings (SSSR count). The summed E-state index contributed by atoms with van der Waals surface area (Å²) in [5.74, 6) is 0. The third kappa shape index (κ3) is 4.05. The summed E-state index contributed by atoms with van der Waals surface area (Å²) in [7, 11) is 3.95. The molecule has 138 valence electrons. The van der Waals surface area contributed by atoms with Crippen molar-refractivity contribution < 1.29 is 9.59 Å². The second-order valence-corrected chi connectivity index (χ2v) is 7.53. The van der Waals surface area contributed by atoms with Gasteiger partial charge in [-0.1, -0.05) is 24.3 Å². The van der Waals surface area contributed by atoms with Crippen molar-refractivity contribution >= 4 is 18.3 Å².